The van der Waals surface area contributed by atoms with Crippen LogP contribution < -0.4 is 0 Å². The van der Waals surface area contributed by atoms with Crippen LogP contribution in [0.2, 0.25) is 0 Å². The van der Waals surface area contributed by atoms with Crippen LogP contribution in [0.25, 0.3) is 0 Å². The van der Waals surface area contributed by atoms with Crippen LogP contribution in [0.1, 0.15) is 0 Å². The van der Waals surface area contributed by atoms with Gasteiger partial charge in [0.25, 0.3) is 5.09 Å². The first-order valence-corrected chi connectivity index (χ1v) is 2.76. The molecule has 0 aromatic heterocycles. The Morgan fingerprint density at radius 1 is 0.500 bits per heavy atom. The third kappa shape index (κ3) is 1770. The van der Waals surface area contributed by atoms with Crippen molar-refractivity contribution in [2.45, 2.75) is 0 Å². The molecule has 0 aromatic rings. The maximum Gasteiger partial charge on any atom is 2.00 e. The molecule has 0 aliphatic carbocycles. The first-order chi connectivity index (χ1) is 8.66. The smallest absolute Gasteiger partial charge is 0.356 e. The second-order valence-corrected chi connectivity index (χ2v) is 1.13. The molecule has 0 spiro atoms. The Labute approximate surface area is 169 Å². The van der Waals surface area contributed by atoms with Crippen molar-refractivity contribution in [2.75, 3.05) is 0 Å². The Bertz CT molecular complexity index is 213. The van der Waals surface area contributed by atoms with Gasteiger partial charge in [0.1, 0.15) is 0 Å². The monoisotopic (exact) mass is 423 g/mol. The van der Waals surface area contributed by atoms with Crippen molar-refractivity contribution in [3.63, 3.8) is 0 Å². The minimum atomic E-state index is -1.75. The summed E-state index contributed by atoms with van der Waals surface area (Å²) in [7, 11) is 0. The predicted octanol–water partition coefficient (Wildman–Crippen LogP) is -2.07. The van der Waals surface area contributed by atoms with Gasteiger partial charge < -0.3 is 66.5 Å². The molecule has 0 heterocycles. The SMILES string of the molecule is O=[N+]([O-])O.O=[N+]([O-])[O-].O=[N+]([O-])[O-].O=[N+]([O-])[O-].O=[N+]([O-])[O-].[Mg+2].[Sr+2]. The summed E-state index contributed by atoms with van der Waals surface area (Å²) in [5, 5.41) is 72.6. The van der Waals surface area contributed by atoms with Crippen molar-refractivity contribution in [3.8, 4) is 0 Å². The molecule has 0 bridgehead atoms. The second kappa shape index (κ2) is 36.5. The third-order valence-electron chi connectivity index (χ3n) is 0. The molecule has 0 rings (SSSR count). The molecule has 0 aliphatic heterocycles. The summed E-state index contributed by atoms with van der Waals surface area (Å²) < 4.78 is 0. The van der Waals surface area contributed by atoms with Gasteiger partial charge in [0.05, 0.1) is 20.3 Å². The Morgan fingerprint density at radius 2 is 0.500 bits per heavy atom. The molecular formula is HMgN5O15Sr. The first-order valence-electron chi connectivity index (χ1n) is 2.76. The van der Waals surface area contributed by atoms with E-state index < -0.39 is 25.4 Å². The molecule has 20 nitrogen and oxygen atoms in total. The molecule has 22 heavy (non-hydrogen) atoms. The standard InChI is InChI=1S/Mg.HNO3.4NO3.Sr/c;5*2-1(3)4;/h;(H,2,3,4);;;;;/q+2;;4*-1;+2. The molecule has 0 fully saturated rings. The van der Waals surface area contributed by atoms with E-state index in [0.717, 1.165) is 0 Å². The molecule has 0 saturated carbocycles. The van der Waals surface area contributed by atoms with Gasteiger partial charge in [-0.25, -0.2) is 0 Å². The number of rotatable bonds is 0. The van der Waals surface area contributed by atoms with E-state index in [1.54, 1.807) is 0 Å². The largest absolute Gasteiger partial charge is 2.00 e. The molecule has 22 heteroatoms. The molecular weight excluding hydrogens is 422 g/mol. The first kappa shape index (κ1) is 42.7. The maximum atomic E-state index is 8.36. The van der Waals surface area contributed by atoms with Crippen molar-refractivity contribution in [1.82, 2.24) is 0 Å². The fraction of sp³-hybridized carbons (Fsp3) is 0. The summed E-state index contributed by atoms with van der Waals surface area (Å²) >= 11 is 0. The maximum absolute atomic E-state index is 8.36. The molecule has 0 atom stereocenters. The molecule has 0 aliphatic rings. The average molecular weight is 423 g/mol. The van der Waals surface area contributed by atoms with E-state index in [2.05, 4.69) is 0 Å². The van der Waals surface area contributed by atoms with Crippen LogP contribution >= 0.6 is 0 Å². The summed E-state index contributed by atoms with van der Waals surface area (Å²) in [6, 6.07) is 0. The van der Waals surface area contributed by atoms with Crippen LogP contribution in [-0.2, 0) is 0 Å². The van der Waals surface area contributed by atoms with Gasteiger partial charge in [-0.1, -0.05) is 0 Å². The zero-order valence-electron chi connectivity index (χ0n) is 9.81. The fourth-order valence-electron chi connectivity index (χ4n) is 0. The number of hydrogen-bond donors (Lipinski definition) is 1. The van der Waals surface area contributed by atoms with Gasteiger partial charge in [-0.2, -0.15) is 0 Å². The van der Waals surface area contributed by atoms with Crippen LogP contribution in [0.5, 0.6) is 0 Å². The van der Waals surface area contributed by atoms with Crippen molar-refractivity contribution < 1.29 is 30.6 Å². The van der Waals surface area contributed by atoms with Crippen molar-refractivity contribution in [3.05, 3.63) is 71.4 Å². The molecule has 0 amide bonds. The zero-order chi connectivity index (χ0) is 17.9. The van der Waals surface area contributed by atoms with Crippen molar-refractivity contribution in [2.24, 2.45) is 0 Å². The predicted molar refractivity (Wildman–Crippen MR) is 61.7 cm³/mol. The average Bonchev–Trinajstić information content (AvgIpc) is 1.94. The van der Waals surface area contributed by atoms with Gasteiger partial charge in [0, 0.05) is 0 Å². The fourth-order valence-corrected chi connectivity index (χ4v) is 0. The van der Waals surface area contributed by atoms with Crippen LogP contribution in [0.3, 0.4) is 0 Å². The number of nitrogens with zero attached hydrogens (tertiary/aromatic N) is 5. The summed E-state index contributed by atoms with van der Waals surface area (Å²) in [6.07, 6.45) is 0. The minimum Gasteiger partial charge on any atom is -0.356 e. The molecule has 1 N–H and O–H groups in total. The van der Waals surface area contributed by atoms with E-state index in [-0.39, 0.29) is 68.5 Å². The quantitative estimate of drug-likeness (QED) is 0.248. The Morgan fingerprint density at radius 3 is 0.500 bits per heavy atom. The van der Waals surface area contributed by atoms with Crippen molar-refractivity contribution in [1.29, 1.82) is 0 Å². The molecule has 120 valence electrons. The van der Waals surface area contributed by atoms with Gasteiger partial charge in [-0.15, -0.1) is 10.1 Å². The third-order valence-corrected chi connectivity index (χ3v) is 0. The van der Waals surface area contributed by atoms with Gasteiger partial charge in [-0.05, 0) is 0 Å². The van der Waals surface area contributed by atoms with Gasteiger partial charge >= 0.3 is 68.5 Å². The van der Waals surface area contributed by atoms with Crippen LogP contribution in [-0.4, -0.2) is 99.2 Å². The molecule has 0 saturated heterocycles. The van der Waals surface area contributed by atoms with Gasteiger partial charge in [-0.3, -0.25) is 0 Å². The van der Waals surface area contributed by atoms with Crippen molar-refractivity contribution >= 4 is 68.5 Å². The summed E-state index contributed by atoms with van der Waals surface area (Å²) in [5.74, 6) is 0. The summed E-state index contributed by atoms with van der Waals surface area (Å²) in [6.45, 7) is 0. The van der Waals surface area contributed by atoms with E-state index in [1.807, 2.05) is 0 Å². The Kier molecular flexibility index (Phi) is 70.9. The Hall–Kier alpha value is -1.75. The van der Waals surface area contributed by atoms with Gasteiger partial charge in [0.2, 0.25) is 0 Å². The van der Waals surface area contributed by atoms with E-state index in [9.17, 15) is 0 Å². The topological polar surface area (TPSA) is 328 Å². The summed E-state index contributed by atoms with van der Waals surface area (Å²) in [4.78, 5) is 41.4. The molecule has 0 radical (unpaired) electrons. The van der Waals surface area contributed by atoms with E-state index >= 15 is 0 Å². The second-order valence-electron chi connectivity index (χ2n) is 1.13. The molecule has 0 unspecified atom stereocenters. The van der Waals surface area contributed by atoms with E-state index in [1.165, 1.54) is 0 Å². The Balaban J connectivity index is -0.0000000250. The zero-order valence-corrected chi connectivity index (χ0v) is 14.7. The van der Waals surface area contributed by atoms with Crippen LogP contribution in [0.4, 0.5) is 0 Å². The van der Waals surface area contributed by atoms with E-state index in [0.29, 0.717) is 0 Å². The van der Waals surface area contributed by atoms with Gasteiger partial charge in [0.15, 0.2) is 0 Å². The normalized spacial score (nSPS) is 5.45. The van der Waals surface area contributed by atoms with Crippen LogP contribution in [0.15, 0.2) is 0 Å². The summed E-state index contributed by atoms with van der Waals surface area (Å²) in [5.41, 5.74) is 0. The van der Waals surface area contributed by atoms with Crippen LogP contribution in [0, 0.1) is 71.4 Å². The minimum absolute atomic E-state index is 0. The van der Waals surface area contributed by atoms with E-state index in [4.69, 9.17) is 76.6 Å². The number of hydrogen-bond acceptors (Lipinski definition) is 14. The molecule has 0 aromatic carbocycles.